The Hall–Kier alpha value is -0.600. The van der Waals surface area contributed by atoms with Crippen LogP contribution < -0.4 is 0 Å². The zero-order chi connectivity index (χ0) is 14.4. The van der Waals surface area contributed by atoms with Gasteiger partial charge in [0.1, 0.15) is 0 Å². The summed E-state index contributed by atoms with van der Waals surface area (Å²) >= 11 is 0. The van der Waals surface area contributed by atoms with Gasteiger partial charge in [0.2, 0.25) is 0 Å². The summed E-state index contributed by atoms with van der Waals surface area (Å²) < 4.78 is -0.0527. The second-order valence-corrected chi connectivity index (χ2v) is 5.73. The Morgan fingerprint density at radius 1 is 0.737 bits per heavy atom. The number of quaternary nitrogens is 1. The number of hydroxylamine groups is 3. The predicted octanol–water partition coefficient (Wildman–Crippen LogP) is 5.20. The standard InChI is InChI=1S/C17H33NO/c1-4-6-8-10-12-14-16-18(3,19)17-15-13-11-9-7-5-2/h4-5H,1-2,6-17H2,3H3. The maximum absolute atomic E-state index is 12.2. The molecule has 0 aromatic carbocycles. The van der Waals surface area contributed by atoms with Gasteiger partial charge in [0.25, 0.3) is 0 Å². The Bertz CT molecular complexity index is 201. The molecule has 0 aliphatic carbocycles. The summed E-state index contributed by atoms with van der Waals surface area (Å²) in [7, 11) is 1.83. The molecule has 0 rings (SSSR count). The fourth-order valence-electron chi connectivity index (χ4n) is 2.29. The Balaban J connectivity index is 3.41. The number of rotatable bonds is 14. The molecule has 0 radical (unpaired) electrons. The molecular formula is C17H33NO. The van der Waals surface area contributed by atoms with E-state index in [9.17, 15) is 5.21 Å². The molecular weight excluding hydrogens is 234 g/mol. The lowest BCUT2D eigenvalue weighted by atomic mass is 10.1. The first-order valence-electron chi connectivity index (χ1n) is 7.90. The van der Waals surface area contributed by atoms with Crippen molar-refractivity contribution in [3.63, 3.8) is 0 Å². The van der Waals surface area contributed by atoms with Gasteiger partial charge in [0.05, 0.1) is 20.1 Å². The van der Waals surface area contributed by atoms with Crippen molar-refractivity contribution in [1.82, 2.24) is 0 Å². The molecule has 2 nitrogen and oxygen atoms in total. The van der Waals surface area contributed by atoms with Crippen LogP contribution in [0.15, 0.2) is 25.3 Å². The van der Waals surface area contributed by atoms with E-state index in [1.165, 1.54) is 38.5 Å². The Morgan fingerprint density at radius 3 is 1.47 bits per heavy atom. The van der Waals surface area contributed by atoms with Gasteiger partial charge < -0.3 is 9.85 Å². The molecule has 0 unspecified atom stereocenters. The molecule has 0 saturated heterocycles. The van der Waals surface area contributed by atoms with E-state index in [0.29, 0.717) is 0 Å². The average Bonchev–Trinajstić information content (AvgIpc) is 2.38. The largest absolute Gasteiger partial charge is 0.633 e. The van der Waals surface area contributed by atoms with E-state index in [1.807, 2.05) is 19.2 Å². The van der Waals surface area contributed by atoms with Crippen molar-refractivity contribution >= 4 is 0 Å². The molecule has 0 fully saturated rings. The lowest BCUT2D eigenvalue weighted by molar-refractivity contribution is -0.861. The number of nitrogens with zero attached hydrogens (tertiary/aromatic N) is 1. The highest BCUT2D eigenvalue weighted by Gasteiger charge is 2.08. The topological polar surface area (TPSA) is 23.1 Å². The van der Waals surface area contributed by atoms with Gasteiger partial charge in [-0.25, -0.2) is 0 Å². The lowest BCUT2D eigenvalue weighted by Gasteiger charge is -2.39. The van der Waals surface area contributed by atoms with Crippen LogP contribution in [0.5, 0.6) is 0 Å². The molecule has 0 atom stereocenters. The monoisotopic (exact) mass is 267 g/mol. The zero-order valence-corrected chi connectivity index (χ0v) is 12.9. The molecule has 19 heavy (non-hydrogen) atoms. The van der Waals surface area contributed by atoms with Gasteiger partial charge in [-0.1, -0.05) is 25.0 Å². The smallest absolute Gasteiger partial charge is 0.0781 e. The molecule has 0 aliphatic heterocycles. The fraction of sp³-hybridized carbons (Fsp3) is 0.765. The van der Waals surface area contributed by atoms with Gasteiger partial charge in [0, 0.05) is 0 Å². The van der Waals surface area contributed by atoms with Crippen LogP contribution in [-0.2, 0) is 0 Å². The van der Waals surface area contributed by atoms with Crippen LogP contribution in [-0.4, -0.2) is 24.8 Å². The zero-order valence-electron chi connectivity index (χ0n) is 12.9. The van der Waals surface area contributed by atoms with Gasteiger partial charge >= 0.3 is 0 Å². The number of unbranched alkanes of at least 4 members (excludes halogenated alkanes) is 8. The molecule has 0 heterocycles. The van der Waals surface area contributed by atoms with Crippen molar-refractivity contribution in [1.29, 1.82) is 0 Å². The van der Waals surface area contributed by atoms with Crippen molar-refractivity contribution in [2.45, 2.75) is 64.2 Å². The summed E-state index contributed by atoms with van der Waals surface area (Å²) in [5.41, 5.74) is 0. The normalized spacial score (nSPS) is 11.5. The van der Waals surface area contributed by atoms with Crippen LogP contribution in [0.25, 0.3) is 0 Å². The molecule has 0 aromatic rings. The highest BCUT2D eigenvalue weighted by atomic mass is 16.5. The minimum Gasteiger partial charge on any atom is -0.633 e. The van der Waals surface area contributed by atoms with Crippen LogP contribution >= 0.6 is 0 Å². The summed E-state index contributed by atoms with van der Waals surface area (Å²) in [6.45, 7) is 9.00. The van der Waals surface area contributed by atoms with Crippen LogP contribution in [0.1, 0.15) is 64.2 Å². The lowest BCUT2D eigenvalue weighted by Crippen LogP contribution is -2.39. The van der Waals surface area contributed by atoms with Crippen LogP contribution in [0, 0.1) is 5.21 Å². The highest BCUT2D eigenvalue weighted by Crippen LogP contribution is 2.11. The molecule has 0 aromatic heterocycles. The molecule has 112 valence electrons. The number of allylic oxidation sites excluding steroid dienone is 2. The first kappa shape index (κ1) is 18.4. The van der Waals surface area contributed by atoms with Crippen molar-refractivity contribution in [3.05, 3.63) is 30.5 Å². The van der Waals surface area contributed by atoms with Crippen molar-refractivity contribution in [2.24, 2.45) is 0 Å². The third-order valence-electron chi connectivity index (χ3n) is 3.58. The third kappa shape index (κ3) is 13.6. The van der Waals surface area contributed by atoms with Crippen LogP contribution in [0.2, 0.25) is 0 Å². The van der Waals surface area contributed by atoms with E-state index in [-0.39, 0.29) is 4.65 Å². The molecule has 0 bridgehead atoms. The SMILES string of the molecule is C=CCCCCCC[N+](C)([O-])CCCCCCC=C. The van der Waals surface area contributed by atoms with Crippen LogP contribution in [0.3, 0.4) is 0 Å². The van der Waals surface area contributed by atoms with Gasteiger partial charge in [-0.3, -0.25) is 0 Å². The summed E-state index contributed by atoms with van der Waals surface area (Å²) in [5.74, 6) is 0. The van der Waals surface area contributed by atoms with E-state index >= 15 is 0 Å². The van der Waals surface area contributed by atoms with Gasteiger partial charge in [-0.05, 0) is 51.4 Å². The minimum absolute atomic E-state index is 0.0527. The maximum Gasteiger partial charge on any atom is 0.0781 e. The van der Waals surface area contributed by atoms with Gasteiger partial charge in [0.15, 0.2) is 0 Å². The summed E-state index contributed by atoms with van der Waals surface area (Å²) in [6.07, 6.45) is 15.5. The Labute approximate surface area is 120 Å². The van der Waals surface area contributed by atoms with Crippen LogP contribution in [0.4, 0.5) is 0 Å². The molecule has 2 heteroatoms. The van der Waals surface area contributed by atoms with Crippen molar-refractivity contribution < 1.29 is 4.65 Å². The summed E-state index contributed by atoms with van der Waals surface area (Å²) in [5, 5.41) is 12.2. The van der Waals surface area contributed by atoms with Crippen molar-refractivity contribution in [3.8, 4) is 0 Å². The summed E-state index contributed by atoms with van der Waals surface area (Å²) in [4.78, 5) is 0. The van der Waals surface area contributed by atoms with E-state index in [1.54, 1.807) is 0 Å². The van der Waals surface area contributed by atoms with Gasteiger partial charge in [-0.2, -0.15) is 0 Å². The second-order valence-electron chi connectivity index (χ2n) is 5.73. The highest BCUT2D eigenvalue weighted by molar-refractivity contribution is 4.66. The van der Waals surface area contributed by atoms with Crippen molar-refractivity contribution in [2.75, 3.05) is 20.1 Å². The van der Waals surface area contributed by atoms with E-state index in [0.717, 1.165) is 38.8 Å². The molecule has 0 amide bonds. The Kier molecular flexibility index (Phi) is 12.0. The molecule has 0 saturated carbocycles. The number of hydrogen-bond acceptors (Lipinski definition) is 1. The minimum atomic E-state index is -0.0527. The van der Waals surface area contributed by atoms with Gasteiger partial charge in [-0.15, -0.1) is 13.2 Å². The number of hydrogen-bond donors (Lipinski definition) is 0. The molecule has 0 aliphatic rings. The second kappa shape index (κ2) is 12.4. The van der Waals surface area contributed by atoms with E-state index in [2.05, 4.69) is 13.2 Å². The molecule has 0 N–H and O–H groups in total. The first-order chi connectivity index (χ1) is 9.12. The average molecular weight is 267 g/mol. The fourth-order valence-corrected chi connectivity index (χ4v) is 2.29. The molecule has 0 spiro atoms. The maximum atomic E-state index is 12.2. The quantitative estimate of drug-likeness (QED) is 0.183. The van der Waals surface area contributed by atoms with E-state index in [4.69, 9.17) is 0 Å². The first-order valence-corrected chi connectivity index (χ1v) is 7.90. The van der Waals surface area contributed by atoms with E-state index < -0.39 is 0 Å². The Morgan fingerprint density at radius 2 is 1.11 bits per heavy atom. The summed E-state index contributed by atoms with van der Waals surface area (Å²) in [6, 6.07) is 0. The predicted molar refractivity (Wildman–Crippen MR) is 85.8 cm³/mol. The third-order valence-corrected chi connectivity index (χ3v) is 3.58.